The third kappa shape index (κ3) is 2.41. The van der Waals surface area contributed by atoms with Gasteiger partial charge < -0.3 is 0 Å². The van der Waals surface area contributed by atoms with Crippen molar-refractivity contribution in [1.82, 2.24) is 10.4 Å². The Hall–Kier alpha value is -3.44. The monoisotopic (exact) mass is 428 g/mol. The van der Waals surface area contributed by atoms with Crippen molar-refractivity contribution in [2.45, 2.75) is 11.8 Å². The van der Waals surface area contributed by atoms with E-state index in [0.717, 1.165) is 27.3 Å². The number of benzene rings is 3. The molecule has 2 bridgehead atoms. The van der Waals surface area contributed by atoms with E-state index in [0.29, 0.717) is 0 Å². The predicted octanol–water partition coefficient (Wildman–Crippen LogP) is 3.88. The van der Waals surface area contributed by atoms with Crippen LogP contribution in [0.4, 0.5) is 0 Å². The molecule has 1 saturated heterocycles. The molecule has 0 radical (unpaired) electrons. The van der Waals surface area contributed by atoms with Crippen molar-refractivity contribution in [3.63, 3.8) is 0 Å². The number of imide groups is 1. The van der Waals surface area contributed by atoms with Crippen LogP contribution in [0.25, 0.3) is 0 Å². The number of nitrogens with zero attached hydrogens (tertiary/aromatic N) is 1. The van der Waals surface area contributed by atoms with E-state index < -0.39 is 17.7 Å². The molecule has 6 heteroatoms. The molecule has 1 N–H and O–H groups in total. The third-order valence-electron chi connectivity index (χ3n) is 6.78. The summed E-state index contributed by atoms with van der Waals surface area (Å²) in [6.07, 6.45) is 0. The fourth-order valence-electron chi connectivity index (χ4n) is 5.59. The van der Waals surface area contributed by atoms with E-state index in [1.165, 1.54) is 0 Å². The van der Waals surface area contributed by atoms with E-state index in [2.05, 4.69) is 5.43 Å². The number of carbonyl (C=O) groups is 3. The van der Waals surface area contributed by atoms with Crippen LogP contribution in [-0.4, -0.2) is 22.7 Å². The maximum Gasteiger partial charge on any atom is 0.271 e. The van der Waals surface area contributed by atoms with Crippen molar-refractivity contribution in [3.05, 3.63) is 106 Å². The molecule has 3 aliphatic carbocycles. The zero-order chi connectivity index (χ0) is 21.3. The Morgan fingerprint density at radius 3 is 1.58 bits per heavy atom. The molecule has 31 heavy (non-hydrogen) atoms. The summed E-state index contributed by atoms with van der Waals surface area (Å²) in [6, 6.07) is 22.6. The van der Waals surface area contributed by atoms with E-state index in [9.17, 15) is 14.4 Å². The topological polar surface area (TPSA) is 66.5 Å². The van der Waals surface area contributed by atoms with Crippen molar-refractivity contribution in [2.75, 3.05) is 0 Å². The molecule has 4 aliphatic rings. The van der Waals surface area contributed by atoms with E-state index in [1.54, 1.807) is 24.3 Å². The first kappa shape index (κ1) is 18.3. The minimum absolute atomic E-state index is 0.207. The average molecular weight is 429 g/mol. The molecular weight excluding hydrogens is 412 g/mol. The summed E-state index contributed by atoms with van der Waals surface area (Å²) in [6.45, 7) is 0. The average Bonchev–Trinajstić information content (AvgIpc) is 3.05. The fourth-order valence-corrected chi connectivity index (χ4v) is 5.82. The normalized spacial score (nSPS) is 25.1. The Bertz CT molecular complexity index is 1170. The first-order chi connectivity index (χ1) is 15.1. The number of amides is 3. The lowest BCUT2D eigenvalue weighted by Crippen LogP contribution is -2.46. The SMILES string of the molecule is O=C(NN1C(=O)[C@@H]2C3c4ccccc4C(c4ccccc43)[C@H]2C1=O)c1ccccc1Cl. The number of nitrogens with one attached hydrogen (secondary N) is 1. The van der Waals surface area contributed by atoms with Crippen LogP contribution < -0.4 is 5.43 Å². The minimum Gasteiger partial charge on any atom is -0.272 e. The van der Waals surface area contributed by atoms with Crippen molar-refractivity contribution < 1.29 is 14.4 Å². The Morgan fingerprint density at radius 1 is 0.710 bits per heavy atom. The summed E-state index contributed by atoms with van der Waals surface area (Å²) in [4.78, 5) is 39.7. The summed E-state index contributed by atoms with van der Waals surface area (Å²) in [5.41, 5.74) is 7.10. The number of rotatable bonds is 2. The first-order valence-corrected chi connectivity index (χ1v) is 10.6. The Balaban J connectivity index is 1.43. The van der Waals surface area contributed by atoms with Gasteiger partial charge in [-0.15, -0.1) is 0 Å². The van der Waals surface area contributed by atoms with Crippen molar-refractivity contribution in [2.24, 2.45) is 11.8 Å². The molecule has 1 aliphatic heterocycles. The number of hydrogen-bond acceptors (Lipinski definition) is 3. The molecule has 7 rings (SSSR count). The van der Waals surface area contributed by atoms with Crippen LogP contribution in [0.2, 0.25) is 5.02 Å². The largest absolute Gasteiger partial charge is 0.272 e. The van der Waals surface area contributed by atoms with Gasteiger partial charge >= 0.3 is 0 Å². The van der Waals surface area contributed by atoms with Crippen LogP contribution in [0.1, 0.15) is 44.4 Å². The van der Waals surface area contributed by atoms with E-state index >= 15 is 0 Å². The molecule has 0 spiro atoms. The molecule has 5 nitrogen and oxygen atoms in total. The third-order valence-corrected chi connectivity index (χ3v) is 7.11. The number of hydrogen-bond donors (Lipinski definition) is 1. The number of carbonyl (C=O) groups excluding carboxylic acids is 3. The van der Waals surface area contributed by atoms with Crippen molar-refractivity contribution in [1.29, 1.82) is 0 Å². The second kappa shape index (κ2) is 6.53. The van der Waals surface area contributed by atoms with Crippen LogP contribution in [0, 0.1) is 11.8 Å². The molecule has 3 aromatic carbocycles. The lowest BCUT2D eigenvalue weighted by Gasteiger charge is -2.45. The zero-order valence-corrected chi connectivity index (χ0v) is 17.0. The van der Waals surface area contributed by atoms with Crippen molar-refractivity contribution >= 4 is 29.3 Å². The van der Waals surface area contributed by atoms with Crippen LogP contribution in [0.15, 0.2) is 72.8 Å². The molecule has 0 saturated carbocycles. The van der Waals surface area contributed by atoms with E-state index in [1.807, 2.05) is 48.5 Å². The van der Waals surface area contributed by atoms with Crippen LogP contribution in [0.3, 0.4) is 0 Å². The van der Waals surface area contributed by atoms with E-state index in [-0.39, 0.29) is 34.2 Å². The van der Waals surface area contributed by atoms with Crippen LogP contribution in [-0.2, 0) is 9.59 Å². The lowest BCUT2D eigenvalue weighted by atomic mass is 9.55. The summed E-state index contributed by atoms with van der Waals surface area (Å²) in [5.74, 6) is -2.79. The highest BCUT2D eigenvalue weighted by atomic mass is 35.5. The van der Waals surface area contributed by atoms with Gasteiger partial charge in [-0.05, 0) is 34.4 Å². The van der Waals surface area contributed by atoms with Gasteiger partial charge in [0.25, 0.3) is 17.7 Å². The second-order valence-electron chi connectivity index (χ2n) is 8.20. The predicted molar refractivity (Wildman–Crippen MR) is 114 cm³/mol. The molecule has 1 fully saturated rings. The molecule has 152 valence electrons. The molecule has 0 aromatic heterocycles. The quantitative estimate of drug-likeness (QED) is 0.630. The summed E-state index contributed by atoms with van der Waals surface area (Å²) >= 11 is 6.13. The highest BCUT2D eigenvalue weighted by molar-refractivity contribution is 6.33. The van der Waals surface area contributed by atoms with Gasteiger partial charge in [0.2, 0.25) is 0 Å². The molecule has 1 heterocycles. The van der Waals surface area contributed by atoms with Gasteiger partial charge in [0.05, 0.1) is 22.4 Å². The van der Waals surface area contributed by atoms with Gasteiger partial charge in [-0.25, -0.2) is 0 Å². The number of halogens is 1. The van der Waals surface area contributed by atoms with Gasteiger partial charge in [0, 0.05) is 11.8 Å². The molecule has 2 atom stereocenters. The molecule has 0 unspecified atom stereocenters. The Kier molecular flexibility index (Phi) is 3.86. The molecule has 3 aromatic rings. The van der Waals surface area contributed by atoms with Crippen LogP contribution in [0.5, 0.6) is 0 Å². The summed E-state index contributed by atoms with van der Waals surface area (Å²) < 4.78 is 0. The Morgan fingerprint density at radius 2 is 1.13 bits per heavy atom. The summed E-state index contributed by atoms with van der Waals surface area (Å²) in [5, 5.41) is 1.18. The highest BCUT2D eigenvalue weighted by Gasteiger charge is 2.62. The Labute approximate surface area is 183 Å². The van der Waals surface area contributed by atoms with E-state index in [4.69, 9.17) is 11.6 Å². The zero-order valence-electron chi connectivity index (χ0n) is 16.3. The second-order valence-corrected chi connectivity index (χ2v) is 8.60. The fraction of sp³-hybridized carbons (Fsp3) is 0.160. The van der Waals surface area contributed by atoms with Gasteiger partial charge in [0.15, 0.2) is 0 Å². The smallest absolute Gasteiger partial charge is 0.271 e. The van der Waals surface area contributed by atoms with Gasteiger partial charge in [-0.1, -0.05) is 72.3 Å². The maximum absolute atomic E-state index is 13.5. The maximum atomic E-state index is 13.5. The first-order valence-electron chi connectivity index (χ1n) is 10.2. The molecular formula is C25H17ClN2O3. The number of hydrazine groups is 1. The van der Waals surface area contributed by atoms with Gasteiger partial charge in [-0.2, -0.15) is 5.01 Å². The lowest BCUT2D eigenvalue weighted by molar-refractivity contribution is -0.142. The summed E-state index contributed by atoms with van der Waals surface area (Å²) in [7, 11) is 0. The van der Waals surface area contributed by atoms with Crippen molar-refractivity contribution in [3.8, 4) is 0 Å². The molecule has 3 amide bonds. The van der Waals surface area contributed by atoms with Gasteiger partial charge in [0.1, 0.15) is 0 Å². The van der Waals surface area contributed by atoms with Crippen LogP contribution >= 0.6 is 11.6 Å². The van der Waals surface area contributed by atoms with Gasteiger partial charge in [-0.3, -0.25) is 19.8 Å². The highest BCUT2D eigenvalue weighted by Crippen LogP contribution is 2.60. The standard InChI is InChI=1S/C25H17ClN2O3/c26-18-12-6-5-11-17(18)23(29)27-28-24(30)21-19-13-7-1-2-8-14(13)20(22(21)25(28)31)16-10-4-3-9-15(16)19/h1-12,19-22H,(H,27,29)/t19?,20?,21-,22-/m1/s1. The minimum atomic E-state index is -0.576.